The van der Waals surface area contributed by atoms with Crippen LogP contribution in [0, 0.1) is 11.3 Å². The number of aromatic nitrogens is 3. The summed E-state index contributed by atoms with van der Waals surface area (Å²) in [6, 6.07) is 16.7. The molecule has 0 amide bonds. The van der Waals surface area contributed by atoms with Crippen LogP contribution in [0.3, 0.4) is 0 Å². The fraction of sp³-hybridized carbons (Fsp3) is 0.344. The number of piperidine rings is 1. The standard InChI is InChI=1S/C32H37ClN10/c1-32(2,3)42-12-10-25(11-13-42)43-20-28(39-40-43)30(21-8-6-5-7-9-21)37-23-14-26-29(38-24-18-36-41(4)19-24)22(16-34)17-35-31(26)27(33)15-23/h5-9,14-15,17-20,25,30,37,39-40H,10-13H2,1-4H3,(H,35,38)/t30-/m0/s1. The lowest BCUT2D eigenvalue weighted by atomic mass is 9.98. The van der Waals surface area contributed by atoms with Gasteiger partial charge >= 0.3 is 0 Å². The lowest BCUT2D eigenvalue weighted by Crippen LogP contribution is -2.52. The van der Waals surface area contributed by atoms with Crippen LogP contribution in [0.2, 0.25) is 5.02 Å². The maximum Gasteiger partial charge on any atom is 0.103 e. The summed E-state index contributed by atoms with van der Waals surface area (Å²) >= 11 is 6.81. The molecular formula is C32H37ClN10. The van der Waals surface area contributed by atoms with Gasteiger partial charge in [-0.25, -0.2) is 0 Å². The number of fused-ring (bicyclic) bond motifs is 1. The SMILES string of the molecule is Cn1cc(Nc2c(C#N)cnc3c(Cl)cc(N[C@H](C4=CN(C5CCN(C(C)(C)C)CC5)NN4)c4ccccc4)cc23)cn1. The summed E-state index contributed by atoms with van der Waals surface area (Å²) in [4.78, 5) is 7.07. The molecule has 4 heterocycles. The molecule has 2 aliphatic heterocycles. The van der Waals surface area contributed by atoms with E-state index in [4.69, 9.17) is 11.6 Å². The number of nitrogens with zero attached hydrogens (tertiary/aromatic N) is 6. The van der Waals surface area contributed by atoms with E-state index in [0.29, 0.717) is 27.8 Å². The molecule has 2 aromatic carbocycles. The fourth-order valence-corrected chi connectivity index (χ4v) is 6.12. The number of aryl methyl sites for hydroxylation is 1. The van der Waals surface area contributed by atoms with Gasteiger partial charge in [0.15, 0.2) is 0 Å². The van der Waals surface area contributed by atoms with Crippen molar-refractivity contribution in [1.29, 1.82) is 5.26 Å². The molecule has 10 nitrogen and oxygen atoms in total. The van der Waals surface area contributed by atoms with E-state index in [1.54, 1.807) is 17.1 Å². The monoisotopic (exact) mass is 596 g/mol. The highest BCUT2D eigenvalue weighted by Gasteiger charge is 2.32. The van der Waals surface area contributed by atoms with E-state index in [1.807, 2.05) is 43.6 Å². The summed E-state index contributed by atoms with van der Waals surface area (Å²) in [5, 5.41) is 24.6. The number of halogens is 1. The highest BCUT2D eigenvalue weighted by Crippen LogP contribution is 2.37. The van der Waals surface area contributed by atoms with E-state index in [-0.39, 0.29) is 11.6 Å². The smallest absolute Gasteiger partial charge is 0.103 e. The number of pyridine rings is 1. The summed E-state index contributed by atoms with van der Waals surface area (Å²) in [5.74, 6) is 0. The first-order valence-electron chi connectivity index (χ1n) is 14.6. The minimum Gasteiger partial charge on any atom is -0.373 e. The first kappa shape index (κ1) is 28.8. The normalized spacial score (nSPS) is 16.9. The van der Waals surface area contributed by atoms with Crippen LogP contribution in [0.5, 0.6) is 0 Å². The van der Waals surface area contributed by atoms with E-state index >= 15 is 0 Å². The maximum atomic E-state index is 9.89. The quantitative estimate of drug-likeness (QED) is 0.210. The van der Waals surface area contributed by atoms with Crippen LogP contribution in [0.15, 0.2) is 73.0 Å². The van der Waals surface area contributed by atoms with Gasteiger partial charge in [-0.2, -0.15) is 10.4 Å². The van der Waals surface area contributed by atoms with E-state index in [9.17, 15) is 5.26 Å². The number of hydrogen-bond acceptors (Lipinski definition) is 9. The highest BCUT2D eigenvalue weighted by atomic mass is 35.5. The molecule has 4 aromatic rings. The number of hydrogen-bond donors (Lipinski definition) is 4. The first-order chi connectivity index (χ1) is 20.7. The van der Waals surface area contributed by atoms with Gasteiger partial charge in [0.05, 0.1) is 45.4 Å². The molecule has 0 saturated carbocycles. The van der Waals surface area contributed by atoms with Crippen LogP contribution in [-0.4, -0.2) is 49.3 Å². The van der Waals surface area contributed by atoms with Crippen molar-refractivity contribution in [3.8, 4) is 6.07 Å². The summed E-state index contributed by atoms with van der Waals surface area (Å²) < 4.78 is 1.70. The molecule has 0 aliphatic carbocycles. The van der Waals surface area contributed by atoms with Gasteiger partial charge in [-0.3, -0.25) is 19.6 Å². The zero-order valence-electron chi connectivity index (χ0n) is 24.9. The molecule has 0 spiro atoms. The second kappa shape index (κ2) is 11.8. The Balaban J connectivity index is 1.32. The van der Waals surface area contributed by atoms with Gasteiger partial charge in [0.25, 0.3) is 0 Å². The van der Waals surface area contributed by atoms with Crippen molar-refractivity contribution in [3.63, 3.8) is 0 Å². The number of nitrogens with one attached hydrogen (secondary N) is 4. The molecule has 1 atom stereocenters. The third-order valence-corrected chi connectivity index (χ3v) is 8.48. The van der Waals surface area contributed by atoms with Crippen molar-refractivity contribution in [1.82, 2.24) is 35.6 Å². The van der Waals surface area contributed by atoms with Crippen molar-refractivity contribution in [3.05, 3.63) is 89.1 Å². The number of rotatable bonds is 7. The van der Waals surface area contributed by atoms with Gasteiger partial charge in [0.1, 0.15) is 6.07 Å². The Hall–Kier alpha value is -4.30. The molecule has 1 saturated heterocycles. The molecule has 2 aromatic heterocycles. The molecule has 2 aliphatic rings. The molecule has 1 fully saturated rings. The molecule has 0 unspecified atom stereocenters. The lowest BCUT2D eigenvalue weighted by molar-refractivity contribution is 0.0570. The molecule has 222 valence electrons. The number of likely N-dealkylation sites (tertiary alicyclic amines) is 1. The summed E-state index contributed by atoms with van der Waals surface area (Å²) in [7, 11) is 1.85. The van der Waals surface area contributed by atoms with E-state index < -0.39 is 0 Å². The Labute approximate surface area is 257 Å². The van der Waals surface area contributed by atoms with Crippen molar-refractivity contribution in [2.45, 2.75) is 51.2 Å². The van der Waals surface area contributed by atoms with Gasteiger partial charge in [-0.1, -0.05) is 41.9 Å². The van der Waals surface area contributed by atoms with Crippen LogP contribution < -0.4 is 21.6 Å². The Morgan fingerprint density at radius 2 is 1.86 bits per heavy atom. The Morgan fingerprint density at radius 1 is 1.09 bits per heavy atom. The topological polar surface area (TPSA) is 109 Å². The third-order valence-electron chi connectivity index (χ3n) is 8.19. The van der Waals surface area contributed by atoms with Crippen LogP contribution in [0.1, 0.15) is 50.8 Å². The van der Waals surface area contributed by atoms with Crippen molar-refractivity contribution in [2.75, 3.05) is 23.7 Å². The predicted molar refractivity (Wildman–Crippen MR) is 171 cm³/mol. The molecule has 4 N–H and O–H groups in total. The van der Waals surface area contributed by atoms with Crippen LogP contribution in [0.25, 0.3) is 10.9 Å². The molecular weight excluding hydrogens is 560 g/mol. The zero-order valence-corrected chi connectivity index (χ0v) is 25.7. The second-order valence-electron chi connectivity index (χ2n) is 12.1. The van der Waals surface area contributed by atoms with Gasteiger partial charge in [0, 0.05) is 61.4 Å². The summed E-state index contributed by atoms with van der Waals surface area (Å²) in [6.07, 6.45) is 9.46. The van der Waals surface area contributed by atoms with Gasteiger partial charge in [-0.05, 0) is 51.3 Å². The summed E-state index contributed by atoms with van der Waals surface area (Å²) in [5.41, 5.74) is 12.3. The summed E-state index contributed by atoms with van der Waals surface area (Å²) in [6.45, 7) is 8.99. The number of hydrazine groups is 2. The van der Waals surface area contributed by atoms with E-state index in [2.05, 4.69) is 86.8 Å². The van der Waals surface area contributed by atoms with Crippen molar-refractivity contribution in [2.24, 2.45) is 7.05 Å². The minimum atomic E-state index is -0.191. The average molecular weight is 597 g/mol. The van der Waals surface area contributed by atoms with Crippen LogP contribution >= 0.6 is 11.6 Å². The Kier molecular flexibility index (Phi) is 7.88. The average Bonchev–Trinajstić information content (AvgIpc) is 3.65. The van der Waals surface area contributed by atoms with E-state index in [0.717, 1.165) is 54.0 Å². The number of nitriles is 1. The zero-order chi connectivity index (χ0) is 30.1. The maximum absolute atomic E-state index is 9.89. The molecule has 0 radical (unpaired) electrons. The number of anilines is 3. The third kappa shape index (κ3) is 6.11. The molecule has 0 bridgehead atoms. The van der Waals surface area contributed by atoms with Gasteiger partial charge in [0.2, 0.25) is 0 Å². The predicted octanol–water partition coefficient (Wildman–Crippen LogP) is 5.82. The number of benzene rings is 2. The molecule has 11 heteroatoms. The van der Waals surface area contributed by atoms with Gasteiger partial charge < -0.3 is 16.1 Å². The lowest BCUT2D eigenvalue weighted by Gasteiger charge is -2.42. The molecule has 43 heavy (non-hydrogen) atoms. The Bertz CT molecular complexity index is 1680. The Morgan fingerprint density at radius 3 is 2.53 bits per heavy atom. The largest absolute Gasteiger partial charge is 0.373 e. The minimum absolute atomic E-state index is 0.184. The van der Waals surface area contributed by atoms with Crippen LogP contribution in [-0.2, 0) is 7.05 Å². The highest BCUT2D eigenvalue weighted by molar-refractivity contribution is 6.36. The second-order valence-corrected chi connectivity index (χ2v) is 12.6. The van der Waals surface area contributed by atoms with E-state index in [1.165, 1.54) is 0 Å². The van der Waals surface area contributed by atoms with Crippen molar-refractivity contribution >= 4 is 39.6 Å². The van der Waals surface area contributed by atoms with Crippen molar-refractivity contribution < 1.29 is 0 Å². The fourth-order valence-electron chi connectivity index (χ4n) is 5.85. The van der Waals surface area contributed by atoms with Crippen LogP contribution in [0.4, 0.5) is 17.1 Å². The van der Waals surface area contributed by atoms with Gasteiger partial charge in [-0.15, -0.1) is 5.53 Å². The first-order valence-corrected chi connectivity index (χ1v) is 14.9. The molecule has 6 rings (SSSR count).